The molecule has 20 heavy (non-hydrogen) atoms. The number of rotatable bonds is 4. The molecule has 5 heteroatoms. The summed E-state index contributed by atoms with van der Waals surface area (Å²) in [6.07, 6.45) is 0.688. The molecule has 1 nitrogen and oxygen atoms in total. The highest BCUT2D eigenvalue weighted by Gasteiger charge is 2.13. The van der Waals surface area contributed by atoms with Crippen LogP contribution in [0.1, 0.15) is 17.2 Å². The highest BCUT2D eigenvalue weighted by molar-refractivity contribution is 9.10. The molecule has 0 bridgehead atoms. The van der Waals surface area contributed by atoms with Crippen LogP contribution in [-0.2, 0) is 6.42 Å². The van der Waals surface area contributed by atoms with Crippen LogP contribution in [0.4, 0.5) is 8.78 Å². The van der Waals surface area contributed by atoms with Gasteiger partial charge in [-0.15, -0.1) is 0 Å². The quantitative estimate of drug-likeness (QED) is 0.756. The zero-order valence-electron chi connectivity index (χ0n) is 10.8. The van der Waals surface area contributed by atoms with Gasteiger partial charge in [0.25, 0.3) is 0 Å². The lowest BCUT2D eigenvalue weighted by molar-refractivity contribution is 0.581. The van der Waals surface area contributed by atoms with Gasteiger partial charge in [-0.05, 0) is 80.7 Å². The molecular weight excluding hydrogens is 392 g/mol. The maximum atomic E-state index is 13.3. The first-order valence-electron chi connectivity index (χ1n) is 6.07. The lowest BCUT2D eigenvalue weighted by atomic mass is 9.99. The second-order valence-corrected chi connectivity index (χ2v) is 6.18. The largest absolute Gasteiger partial charge is 0.313 e. The Morgan fingerprint density at radius 1 is 1.00 bits per heavy atom. The van der Waals surface area contributed by atoms with Crippen molar-refractivity contribution in [1.29, 1.82) is 0 Å². The molecule has 0 radical (unpaired) electrons. The molecule has 1 N–H and O–H groups in total. The summed E-state index contributed by atoms with van der Waals surface area (Å²) in [4.78, 5) is 0. The maximum absolute atomic E-state index is 13.3. The number of hydrogen-bond donors (Lipinski definition) is 1. The highest BCUT2D eigenvalue weighted by atomic mass is 79.9. The van der Waals surface area contributed by atoms with Crippen LogP contribution in [0.25, 0.3) is 0 Å². The van der Waals surface area contributed by atoms with Crippen LogP contribution in [0.2, 0.25) is 0 Å². The van der Waals surface area contributed by atoms with Crippen LogP contribution >= 0.6 is 31.9 Å². The Kier molecular flexibility index (Phi) is 5.29. The van der Waals surface area contributed by atoms with E-state index < -0.39 is 0 Å². The predicted octanol–water partition coefficient (Wildman–Crippen LogP) is 4.99. The minimum absolute atomic E-state index is 0.0317. The third kappa shape index (κ3) is 3.65. The summed E-state index contributed by atoms with van der Waals surface area (Å²) in [6.45, 7) is 0. The summed E-state index contributed by atoms with van der Waals surface area (Å²) in [5, 5.41) is 3.20. The number of nitrogens with one attached hydrogen (secondary N) is 1. The van der Waals surface area contributed by atoms with E-state index >= 15 is 0 Å². The third-order valence-electron chi connectivity index (χ3n) is 3.12. The fraction of sp³-hybridized carbons (Fsp3) is 0.200. The Bertz CT molecular complexity index is 617. The van der Waals surface area contributed by atoms with Gasteiger partial charge in [-0.2, -0.15) is 0 Å². The van der Waals surface area contributed by atoms with E-state index in [1.165, 1.54) is 12.1 Å². The van der Waals surface area contributed by atoms with Crippen molar-refractivity contribution in [2.24, 2.45) is 0 Å². The molecule has 0 amide bonds. The Balaban J connectivity index is 2.23. The fourth-order valence-electron chi connectivity index (χ4n) is 2.02. The summed E-state index contributed by atoms with van der Waals surface area (Å²) >= 11 is 6.37. The first-order chi connectivity index (χ1) is 9.51. The monoisotopic (exact) mass is 403 g/mol. The predicted molar refractivity (Wildman–Crippen MR) is 83.7 cm³/mol. The SMILES string of the molecule is CNC(Cc1ccc(F)c(Br)c1)c1ccc(F)c(Br)c1. The highest BCUT2D eigenvalue weighted by Crippen LogP contribution is 2.25. The number of halogens is 4. The van der Waals surface area contributed by atoms with Gasteiger partial charge in [0.2, 0.25) is 0 Å². The number of benzene rings is 2. The second-order valence-electron chi connectivity index (χ2n) is 4.47. The number of hydrogen-bond acceptors (Lipinski definition) is 1. The van der Waals surface area contributed by atoms with E-state index in [-0.39, 0.29) is 17.7 Å². The van der Waals surface area contributed by atoms with Crippen LogP contribution < -0.4 is 5.32 Å². The molecule has 1 unspecified atom stereocenters. The lowest BCUT2D eigenvalue weighted by Crippen LogP contribution is -2.19. The Hall–Kier alpha value is -0.780. The van der Waals surface area contributed by atoms with E-state index in [1.54, 1.807) is 24.3 Å². The Morgan fingerprint density at radius 3 is 2.15 bits per heavy atom. The van der Waals surface area contributed by atoms with Gasteiger partial charge in [-0.3, -0.25) is 0 Å². The van der Waals surface area contributed by atoms with Crippen LogP contribution in [0, 0.1) is 11.6 Å². The standard InChI is InChI=1S/C15H13Br2F2N/c1-20-15(10-3-5-14(19)12(17)8-10)7-9-2-4-13(18)11(16)6-9/h2-6,8,15,20H,7H2,1H3. The van der Waals surface area contributed by atoms with Gasteiger partial charge in [0.05, 0.1) is 8.95 Å². The van der Waals surface area contributed by atoms with Gasteiger partial charge >= 0.3 is 0 Å². The molecule has 2 aromatic rings. The van der Waals surface area contributed by atoms with E-state index in [1.807, 2.05) is 7.05 Å². The molecule has 0 aliphatic rings. The lowest BCUT2D eigenvalue weighted by Gasteiger charge is -2.17. The molecule has 0 saturated heterocycles. The van der Waals surface area contributed by atoms with Crippen molar-refractivity contribution in [2.45, 2.75) is 12.5 Å². The summed E-state index contributed by atoms with van der Waals surface area (Å²) in [5.74, 6) is -0.563. The molecule has 1 atom stereocenters. The first-order valence-corrected chi connectivity index (χ1v) is 7.66. The van der Waals surface area contributed by atoms with Gasteiger partial charge in [-0.25, -0.2) is 8.78 Å². The molecule has 0 heterocycles. The second kappa shape index (κ2) is 6.78. The molecule has 0 saturated carbocycles. The molecule has 0 aliphatic heterocycles. The van der Waals surface area contributed by atoms with Crippen LogP contribution in [-0.4, -0.2) is 7.05 Å². The summed E-state index contributed by atoms with van der Waals surface area (Å²) < 4.78 is 27.4. The molecule has 106 valence electrons. The third-order valence-corrected chi connectivity index (χ3v) is 4.33. The fourth-order valence-corrected chi connectivity index (χ4v) is 2.84. The molecule has 0 aromatic heterocycles. The van der Waals surface area contributed by atoms with Crippen molar-refractivity contribution >= 4 is 31.9 Å². The molecular formula is C15H13Br2F2N. The van der Waals surface area contributed by atoms with Crippen LogP contribution in [0.5, 0.6) is 0 Å². The summed E-state index contributed by atoms with van der Waals surface area (Å²) in [5.41, 5.74) is 1.97. The van der Waals surface area contributed by atoms with Gasteiger partial charge in [0.15, 0.2) is 0 Å². The zero-order valence-corrected chi connectivity index (χ0v) is 13.9. The van der Waals surface area contributed by atoms with Crippen molar-refractivity contribution in [3.8, 4) is 0 Å². The summed E-state index contributed by atoms with van der Waals surface area (Å²) in [7, 11) is 1.85. The first kappa shape index (κ1) is 15.6. The minimum Gasteiger partial charge on any atom is -0.313 e. The van der Waals surface area contributed by atoms with Crippen molar-refractivity contribution < 1.29 is 8.78 Å². The average Bonchev–Trinajstić information content (AvgIpc) is 2.43. The van der Waals surface area contributed by atoms with Crippen molar-refractivity contribution in [1.82, 2.24) is 5.32 Å². The Morgan fingerprint density at radius 2 is 1.60 bits per heavy atom. The van der Waals surface area contributed by atoms with Gasteiger partial charge in [0.1, 0.15) is 11.6 Å². The van der Waals surface area contributed by atoms with E-state index in [0.717, 1.165) is 11.1 Å². The van der Waals surface area contributed by atoms with Crippen molar-refractivity contribution in [2.75, 3.05) is 7.05 Å². The number of likely N-dealkylation sites (N-methyl/N-ethyl adjacent to an activating group) is 1. The van der Waals surface area contributed by atoms with Gasteiger partial charge < -0.3 is 5.32 Å². The van der Waals surface area contributed by atoms with Crippen LogP contribution in [0.3, 0.4) is 0 Å². The minimum atomic E-state index is -0.284. The molecule has 2 rings (SSSR count). The molecule has 0 fully saturated rings. The molecule has 0 aliphatic carbocycles. The van der Waals surface area contributed by atoms with E-state index in [2.05, 4.69) is 37.2 Å². The van der Waals surface area contributed by atoms with Crippen molar-refractivity contribution in [3.63, 3.8) is 0 Å². The Labute approximate surface area is 133 Å². The van der Waals surface area contributed by atoms with E-state index in [4.69, 9.17) is 0 Å². The maximum Gasteiger partial charge on any atom is 0.137 e. The molecule has 0 spiro atoms. The molecule has 2 aromatic carbocycles. The van der Waals surface area contributed by atoms with Crippen molar-refractivity contribution in [3.05, 3.63) is 68.1 Å². The topological polar surface area (TPSA) is 12.0 Å². The van der Waals surface area contributed by atoms with E-state index in [9.17, 15) is 8.78 Å². The van der Waals surface area contributed by atoms with Crippen LogP contribution in [0.15, 0.2) is 45.3 Å². The smallest absolute Gasteiger partial charge is 0.137 e. The van der Waals surface area contributed by atoms with Gasteiger partial charge in [0, 0.05) is 6.04 Å². The van der Waals surface area contributed by atoms with E-state index in [0.29, 0.717) is 15.4 Å². The summed E-state index contributed by atoms with van der Waals surface area (Å²) in [6, 6.07) is 9.93. The average molecular weight is 405 g/mol. The van der Waals surface area contributed by atoms with Gasteiger partial charge in [-0.1, -0.05) is 12.1 Å². The zero-order chi connectivity index (χ0) is 14.7. The normalized spacial score (nSPS) is 12.4.